The molecule has 0 fully saturated rings. The van der Waals surface area contributed by atoms with E-state index in [0.717, 1.165) is 22.4 Å². The van der Waals surface area contributed by atoms with E-state index in [4.69, 9.17) is 16.3 Å². The van der Waals surface area contributed by atoms with Crippen molar-refractivity contribution in [1.29, 1.82) is 0 Å². The highest BCUT2D eigenvalue weighted by molar-refractivity contribution is 6.33. The predicted octanol–water partition coefficient (Wildman–Crippen LogP) is 3.94. The largest absolute Gasteiger partial charge is 0.486 e. The van der Waals surface area contributed by atoms with Crippen molar-refractivity contribution in [3.8, 4) is 11.4 Å². The van der Waals surface area contributed by atoms with Gasteiger partial charge in [0.1, 0.15) is 6.10 Å². The number of halogens is 1. The molecule has 2 heterocycles. The van der Waals surface area contributed by atoms with Crippen molar-refractivity contribution < 1.29 is 9.53 Å². The Balaban J connectivity index is 1.66. The maximum atomic E-state index is 12.4. The number of rotatable bonds is 3. The number of ether oxygens (including phenoxy) is 1. The Hall–Kier alpha value is -2.79. The van der Waals surface area contributed by atoms with Crippen molar-refractivity contribution >= 4 is 17.5 Å². The topological polar surface area (TPSA) is 56.1 Å². The highest BCUT2D eigenvalue weighted by Crippen LogP contribution is 2.36. The second-order valence-corrected chi connectivity index (χ2v) is 7.16. The van der Waals surface area contributed by atoms with Gasteiger partial charge in [-0.05, 0) is 61.2 Å². The molecule has 0 aliphatic carbocycles. The molecule has 0 saturated heterocycles. The third kappa shape index (κ3) is 3.43. The van der Waals surface area contributed by atoms with Crippen LogP contribution < -0.4 is 10.1 Å². The minimum Gasteiger partial charge on any atom is -0.486 e. The van der Waals surface area contributed by atoms with E-state index in [2.05, 4.69) is 22.5 Å². The van der Waals surface area contributed by atoms with Gasteiger partial charge in [0.15, 0.2) is 5.75 Å². The third-order valence-corrected chi connectivity index (χ3v) is 5.24. The number of carbonyl (C=O) groups is 1. The minimum atomic E-state index is -0.147. The monoisotopic (exact) mass is 381 g/mol. The Kier molecular flexibility index (Phi) is 4.62. The van der Waals surface area contributed by atoms with E-state index in [-0.39, 0.29) is 12.0 Å². The summed E-state index contributed by atoms with van der Waals surface area (Å²) in [5.41, 5.74) is 4.58. The first-order valence-corrected chi connectivity index (χ1v) is 9.26. The summed E-state index contributed by atoms with van der Waals surface area (Å²) in [6, 6.07) is 12.0. The Bertz CT molecular complexity index is 982. The standard InChI is InChI=1S/C21H20ClN3O2/c1-13-12-23-21(26)18-11-16(14(2)19(22)20(18)27-13)10-15-4-6-17(7-5-15)25-9-3-8-24-25/h3-9,11,13H,10,12H2,1-2H3,(H,23,26)/t13-/m0/s1. The van der Waals surface area contributed by atoms with E-state index in [1.165, 1.54) is 0 Å². The van der Waals surface area contributed by atoms with E-state index in [1.807, 2.05) is 49.0 Å². The van der Waals surface area contributed by atoms with Gasteiger partial charge in [-0.15, -0.1) is 0 Å². The molecule has 1 atom stereocenters. The van der Waals surface area contributed by atoms with Crippen molar-refractivity contribution in [2.75, 3.05) is 6.54 Å². The molecule has 138 valence electrons. The van der Waals surface area contributed by atoms with Crippen LogP contribution in [0.3, 0.4) is 0 Å². The molecule has 1 aromatic heterocycles. The summed E-state index contributed by atoms with van der Waals surface area (Å²) in [4.78, 5) is 12.4. The van der Waals surface area contributed by atoms with Gasteiger partial charge in [-0.3, -0.25) is 4.79 Å². The van der Waals surface area contributed by atoms with E-state index in [9.17, 15) is 4.79 Å². The van der Waals surface area contributed by atoms with Crippen LogP contribution in [0.15, 0.2) is 48.8 Å². The lowest BCUT2D eigenvalue weighted by atomic mass is 9.97. The van der Waals surface area contributed by atoms with Gasteiger partial charge in [-0.1, -0.05) is 23.7 Å². The number of amides is 1. The minimum absolute atomic E-state index is 0.118. The molecule has 3 aromatic rings. The van der Waals surface area contributed by atoms with Gasteiger partial charge in [-0.25, -0.2) is 4.68 Å². The zero-order chi connectivity index (χ0) is 19.0. The van der Waals surface area contributed by atoms with Crippen LogP contribution in [0.1, 0.15) is 34.0 Å². The highest BCUT2D eigenvalue weighted by Gasteiger charge is 2.25. The number of aromatic nitrogens is 2. The van der Waals surface area contributed by atoms with Gasteiger partial charge in [0.25, 0.3) is 5.91 Å². The molecule has 0 bridgehead atoms. The molecule has 1 amide bonds. The van der Waals surface area contributed by atoms with Crippen molar-refractivity contribution in [2.24, 2.45) is 0 Å². The zero-order valence-electron chi connectivity index (χ0n) is 15.2. The quantitative estimate of drug-likeness (QED) is 0.747. The first-order valence-electron chi connectivity index (χ1n) is 8.88. The summed E-state index contributed by atoms with van der Waals surface area (Å²) in [7, 11) is 0. The van der Waals surface area contributed by atoms with Crippen LogP contribution in [-0.4, -0.2) is 28.3 Å². The smallest absolute Gasteiger partial charge is 0.255 e. The van der Waals surface area contributed by atoms with E-state index in [0.29, 0.717) is 29.3 Å². The zero-order valence-corrected chi connectivity index (χ0v) is 16.0. The second kappa shape index (κ2) is 7.08. The second-order valence-electron chi connectivity index (χ2n) is 6.78. The van der Waals surface area contributed by atoms with Gasteiger partial charge < -0.3 is 10.1 Å². The lowest BCUT2D eigenvalue weighted by molar-refractivity contribution is 0.0952. The van der Waals surface area contributed by atoms with E-state index in [1.54, 1.807) is 6.20 Å². The summed E-state index contributed by atoms with van der Waals surface area (Å²) in [5.74, 6) is 0.334. The van der Waals surface area contributed by atoms with Gasteiger partial charge in [0, 0.05) is 12.4 Å². The SMILES string of the molecule is Cc1c(Cc2ccc(-n3cccn3)cc2)cc2c(c1Cl)O[C@@H](C)CNC2=O. The average molecular weight is 382 g/mol. The van der Waals surface area contributed by atoms with Crippen LogP contribution in [0, 0.1) is 6.92 Å². The van der Waals surface area contributed by atoms with Crippen molar-refractivity contribution in [3.05, 3.63) is 76.1 Å². The molecule has 2 aromatic carbocycles. The molecule has 0 radical (unpaired) electrons. The first-order chi connectivity index (χ1) is 13.0. The number of benzene rings is 2. The molecule has 0 saturated carbocycles. The van der Waals surface area contributed by atoms with E-state index < -0.39 is 0 Å². The van der Waals surface area contributed by atoms with E-state index >= 15 is 0 Å². The molecule has 1 aliphatic rings. The predicted molar refractivity (Wildman–Crippen MR) is 105 cm³/mol. The molecule has 4 rings (SSSR count). The molecular formula is C21H20ClN3O2. The number of hydrogen-bond acceptors (Lipinski definition) is 3. The van der Waals surface area contributed by atoms with Gasteiger partial charge in [-0.2, -0.15) is 5.10 Å². The van der Waals surface area contributed by atoms with Crippen LogP contribution in [-0.2, 0) is 6.42 Å². The third-order valence-electron chi connectivity index (χ3n) is 4.79. The lowest BCUT2D eigenvalue weighted by Crippen LogP contribution is -2.29. The summed E-state index contributed by atoms with van der Waals surface area (Å²) < 4.78 is 7.69. The van der Waals surface area contributed by atoms with Crippen LogP contribution in [0.4, 0.5) is 0 Å². The molecule has 0 spiro atoms. The van der Waals surface area contributed by atoms with Gasteiger partial charge >= 0.3 is 0 Å². The van der Waals surface area contributed by atoms with Crippen molar-refractivity contribution in [2.45, 2.75) is 26.4 Å². The van der Waals surface area contributed by atoms with Crippen LogP contribution in [0.2, 0.25) is 5.02 Å². The summed E-state index contributed by atoms with van der Waals surface area (Å²) >= 11 is 6.56. The summed E-state index contributed by atoms with van der Waals surface area (Å²) in [6.45, 7) is 4.34. The number of carbonyl (C=O) groups excluding carboxylic acids is 1. The Labute approximate surface area is 162 Å². The highest BCUT2D eigenvalue weighted by atomic mass is 35.5. The first kappa shape index (κ1) is 17.6. The van der Waals surface area contributed by atoms with Crippen LogP contribution in [0.5, 0.6) is 5.75 Å². The Morgan fingerprint density at radius 1 is 1.33 bits per heavy atom. The Morgan fingerprint density at radius 2 is 2.11 bits per heavy atom. The fourth-order valence-corrected chi connectivity index (χ4v) is 3.50. The summed E-state index contributed by atoms with van der Waals surface area (Å²) in [5, 5.41) is 7.63. The average Bonchev–Trinajstić information content (AvgIpc) is 3.16. The maximum absolute atomic E-state index is 12.4. The van der Waals surface area contributed by atoms with Gasteiger partial charge in [0.05, 0.1) is 22.8 Å². The number of hydrogen-bond donors (Lipinski definition) is 1. The number of fused-ring (bicyclic) bond motifs is 1. The van der Waals surface area contributed by atoms with Gasteiger partial charge in [0.2, 0.25) is 0 Å². The molecule has 0 unspecified atom stereocenters. The molecule has 27 heavy (non-hydrogen) atoms. The van der Waals surface area contributed by atoms with Crippen LogP contribution in [0.25, 0.3) is 5.69 Å². The number of nitrogens with zero attached hydrogens (tertiary/aromatic N) is 2. The van der Waals surface area contributed by atoms with Crippen molar-refractivity contribution in [1.82, 2.24) is 15.1 Å². The van der Waals surface area contributed by atoms with Crippen LogP contribution >= 0.6 is 11.6 Å². The normalized spacial score (nSPS) is 16.3. The Morgan fingerprint density at radius 3 is 2.81 bits per heavy atom. The molecule has 1 aliphatic heterocycles. The molecule has 5 nitrogen and oxygen atoms in total. The van der Waals surface area contributed by atoms with Crippen molar-refractivity contribution in [3.63, 3.8) is 0 Å². The maximum Gasteiger partial charge on any atom is 0.255 e. The molecule has 1 N–H and O–H groups in total. The fraction of sp³-hybridized carbons (Fsp3) is 0.238. The number of nitrogens with one attached hydrogen (secondary N) is 1. The molecular weight excluding hydrogens is 362 g/mol. The summed E-state index contributed by atoms with van der Waals surface area (Å²) in [6.07, 6.45) is 4.22. The lowest BCUT2D eigenvalue weighted by Gasteiger charge is -2.17. The molecule has 6 heteroatoms. The fourth-order valence-electron chi connectivity index (χ4n) is 3.23.